The predicted octanol–water partition coefficient (Wildman–Crippen LogP) is 3.04. The summed E-state index contributed by atoms with van der Waals surface area (Å²) in [7, 11) is 0. The number of aliphatic hydroxyl groups excluding tert-OH is 1. The molecule has 1 spiro atoms. The molecule has 0 unspecified atom stereocenters. The molecule has 0 radical (unpaired) electrons. The van der Waals surface area contributed by atoms with Crippen molar-refractivity contribution >= 4 is 5.95 Å². The summed E-state index contributed by atoms with van der Waals surface area (Å²) in [6, 6.07) is 9.19. The van der Waals surface area contributed by atoms with Crippen LogP contribution in [0.25, 0.3) is 11.3 Å². The van der Waals surface area contributed by atoms with E-state index in [2.05, 4.69) is 39.9 Å². The minimum atomic E-state index is -0.138. The molecule has 142 valence electrons. The van der Waals surface area contributed by atoms with Crippen molar-refractivity contribution < 1.29 is 5.11 Å². The van der Waals surface area contributed by atoms with Gasteiger partial charge in [-0.05, 0) is 69.2 Å². The van der Waals surface area contributed by atoms with Crippen LogP contribution in [0.3, 0.4) is 0 Å². The molecule has 0 atom stereocenters. The topological polar surface area (TPSA) is 70.1 Å². The lowest BCUT2D eigenvalue weighted by Crippen LogP contribution is -2.43. The number of nitrogens with zero attached hydrogens (tertiary/aromatic N) is 2. The van der Waals surface area contributed by atoms with Crippen LogP contribution in [0.4, 0.5) is 5.95 Å². The molecule has 0 bridgehead atoms. The van der Waals surface area contributed by atoms with Crippen LogP contribution in [0.5, 0.6) is 0 Å². The standard InChI is InChI=1S/C22H28N4O/c27-17-7-5-16(6-8-17)25-21-24-14-15-13-22(9-11-23-12-10-22)19-4-2-1-3-18(19)20(15)26-21/h1-4,14,16-17,23,27H,5-13H2,(H,24,25,26)/t16-,17-. The van der Waals surface area contributed by atoms with E-state index in [-0.39, 0.29) is 11.5 Å². The van der Waals surface area contributed by atoms with Crippen molar-refractivity contribution in [3.05, 3.63) is 41.6 Å². The maximum absolute atomic E-state index is 9.72. The average molecular weight is 364 g/mol. The highest BCUT2D eigenvalue weighted by Crippen LogP contribution is 2.47. The Morgan fingerprint density at radius 2 is 1.85 bits per heavy atom. The van der Waals surface area contributed by atoms with Gasteiger partial charge in [-0.2, -0.15) is 0 Å². The van der Waals surface area contributed by atoms with Gasteiger partial charge in [0.1, 0.15) is 0 Å². The molecular weight excluding hydrogens is 336 g/mol. The van der Waals surface area contributed by atoms with E-state index in [0.717, 1.165) is 56.8 Å². The maximum Gasteiger partial charge on any atom is 0.223 e. The van der Waals surface area contributed by atoms with Crippen LogP contribution in [0.1, 0.15) is 49.7 Å². The Labute approximate surface area is 160 Å². The second kappa shape index (κ2) is 6.88. The van der Waals surface area contributed by atoms with Crippen LogP contribution in [0.2, 0.25) is 0 Å². The fraction of sp³-hybridized carbons (Fsp3) is 0.545. The lowest BCUT2D eigenvalue weighted by atomic mass is 9.64. The van der Waals surface area contributed by atoms with E-state index in [0.29, 0.717) is 6.04 Å². The number of rotatable bonds is 2. The van der Waals surface area contributed by atoms with Crippen LogP contribution in [0.15, 0.2) is 30.5 Å². The van der Waals surface area contributed by atoms with Crippen molar-refractivity contribution in [2.75, 3.05) is 18.4 Å². The number of nitrogens with one attached hydrogen (secondary N) is 2. The van der Waals surface area contributed by atoms with Crippen LogP contribution < -0.4 is 10.6 Å². The summed E-state index contributed by atoms with van der Waals surface area (Å²) in [6.07, 6.45) is 8.98. The zero-order chi connectivity index (χ0) is 18.3. The van der Waals surface area contributed by atoms with Gasteiger partial charge in [-0.25, -0.2) is 9.97 Å². The summed E-state index contributed by atoms with van der Waals surface area (Å²) in [5.41, 5.74) is 5.35. The summed E-state index contributed by atoms with van der Waals surface area (Å²) in [6.45, 7) is 2.16. The Morgan fingerprint density at radius 1 is 1.07 bits per heavy atom. The normalized spacial score (nSPS) is 26.3. The fourth-order valence-electron chi connectivity index (χ4n) is 5.20. The first kappa shape index (κ1) is 17.1. The van der Waals surface area contributed by atoms with Gasteiger partial charge >= 0.3 is 0 Å². The molecule has 2 fully saturated rings. The van der Waals surface area contributed by atoms with Crippen molar-refractivity contribution in [3.8, 4) is 11.3 Å². The van der Waals surface area contributed by atoms with Gasteiger partial charge in [0.2, 0.25) is 5.95 Å². The van der Waals surface area contributed by atoms with Crippen molar-refractivity contribution in [2.45, 2.75) is 62.5 Å². The largest absolute Gasteiger partial charge is 0.393 e. The third-order valence-corrected chi connectivity index (χ3v) is 6.74. The van der Waals surface area contributed by atoms with Crippen molar-refractivity contribution in [3.63, 3.8) is 0 Å². The molecule has 1 saturated heterocycles. The summed E-state index contributed by atoms with van der Waals surface area (Å²) >= 11 is 0. The van der Waals surface area contributed by atoms with Crippen LogP contribution in [-0.4, -0.2) is 40.3 Å². The molecule has 3 N–H and O–H groups in total. The quantitative estimate of drug-likeness (QED) is 0.764. The zero-order valence-corrected chi connectivity index (χ0v) is 15.7. The highest BCUT2D eigenvalue weighted by Gasteiger charge is 2.40. The monoisotopic (exact) mass is 364 g/mol. The van der Waals surface area contributed by atoms with Crippen molar-refractivity contribution in [1.82, 2.24) is 15.3 Å². The van der Waals surface area contributed by atoms with Gasteiger partial charge in [0, 0.05) is 23.2 Å². The molecule has 5 nitrogen and oxygen atoms in total. The van der Waals surface area contributed by atoms with Gasteiger partial charge in [0.25, 0.3) is 0 Å². The second-order valence-electron chi connectivity index (χ2n) is 8.47. The molecule has 5 heteroatoms. The van der Waals surface area contributed by atoms with Gasteiger partial charge < -0.3 is 15.7 Å². The van der Waals surface area contributed by atoms with E-state index >= 15 is 0 Å². The molecule has 1 aromatic carbocycles. The summed E-state index contributed by atoms with van der Waals surface area (Å²) < 4.78 is 0. The minimum absolute atomic E-state index is 0.138. The number of hydrogen-bond donors (Lipinski definition) is 3. The van der Waals surface area contributed by atoms with Gasteiger partial charge in [0.15, 0.2) is 0 Å². The predicted molar refractivity (Wildman–Crippen MR) is 107 cm³/mol. The Morgan fingerprint density at radius 3 is 2.67 bits per heavy atom. The number of benzene rings is 1. The maximum atomic E-state index is 9.72. The van der Waals surface area contributed by atoms with Crippen LogP contribution in [0, 0.1) is 0 Å². The first-order valence-corrected chi connectivity index (χ1v) is 10.3. The molecule has 0 amide bonds. The molecule has 3 aliphatic rings. The molecule has 1 saturated carbocycles. The lowest BCUT2D eigenvalue weighted by Gasteiger charge is -2.42. The number of fused-ring (bicyclic) bond motifs is 4. The molecule has 5 rings (SSSR count). The fourth-order valence-corrected chi connectivity index (χ4v) is 5.20. The van der Waals surface area contributed by atoms with Crippen LogP contribution in [-0.2, 0) is 11.8 Å². The summed E-state index contributed by atoms with van der Waals surface area (Å²) in [5, 5.41) is 16.7. The van der Waals surface area contributed by atoms with Crippen molar-refractivity contribution in [2.24, 2.45) is 0 Å². The highest BCUT2D eigenvalue weighted by molar-refractivity contribution is 5.72. The lowest BCUT2D eigenvalue weighted by molar-refractivity contribution is 0.126. The van der Waals surface area contributed by atoms with E-state index in [9.17, 15) is 5.11 Å². The molecule has 27 heavy (non-hydrogen) atoms. The third kappa shape index (κ3) is 3.13. The smallest absolute Gasteiger partial charge is 0.223 e. The SMILES string of the molecule is O[C@H]1CC[C@H](Nc2ncc3c(n2)-c2ccccc2C2(CCNCC2)C3)CC1. The Bertz CT molecular complexity index is 823. The van der Waals surface area contributed by atoms with Gasteiger partial charge in [-0.1, -0.05) is 24.3 Å². The molecule has 2 aliphatic carbocycles. The van der Waals surface area contributed by atoms with Crippen molar-refractivity contribution in [1.29, 1.82) is 0 Å². The minimum Gasteiger partial charge on any atom is -0.393 e. The zero-order valence-electron chi connectivity index (χ0n) is 15.7. The number of aromatic nitrogens is 2. The third-order valence-electron chi connectivity index (χ3n) is 6.74. The first-order chi connectivity index (χ1) is 13.2. The van der Waals surface area contributed by atoms with Gasteiger partial charge in [0.05, 0.1) is 11.8 Å². The number of anilines is 1. The molecule has 1 aliphatic heterocycles. The Kier molecular flexibility index (Phi) is 4.37. The Hall–Kier alpha value is -1.98. The van der Waals surface area contributed by atoms with E-state index < -0.39 is 0 Å². The van der Waals surface area contributed by atoms with Gasteiger partial charge in [-0.15, -0.1) is 0 Å². The average Bonchev–Trinajstić information content (AvgIpc) is 2.71. The number of aliphatic hydroxyl groups is 1. The van der Waals surface area contributed by atoms with E-state index in [1.807, 2.05) is 6.20 Å². The van der Waals surface area contributed by atoms with E-state index in [1.54, 1.807) is 0 Å². The second-order valence-corrected chi connectivity index (χ2v) is 8.47. The molecule has 2 aromatic rings. The number of hydrogen-bond acceptors (Lipinski definition) is 5. The molecular formula is C22H28N4O. The van der Waals surface area contributed by atoms with E-state index in [1.165, 1.54) is 29.5 Å². The van der Waals surface area contributed by atoms with Crippen LogP contribution >= 0.6 is 0 Å². The van der Waals surface area contributed by atoms with Gasteiger partial charge in [-0.3, -0.25) is 0 Å². The Balaban J connectivity index is 1.47. The molecule has 1 aromatic heterocycles. The highest BCUT2D eigenvalue weighted by atomic mass is 16.3. The number of piperidine rings is 1. The summed E-state index contributed by atoms with van der Waals surface area (Å²) in [5.74, 6) is 0.728. The summed E-state index contributed by atoms with van der Waals surface area (Å²) in [4.78, 5) is 9.60. The van der Waals surface area contributed by atoms with E-state index in [4.69, 9.17) is 4.98 Å². The first-order valence-electron chi connectivity index (χ1n) is 10.3. The molecule has 2 heterocycles.